The summed E-state index contributed by atoms with van der Waals surface area (Å²) in [5, 5.41) is 10.7. The molecule has 17 heavy (non-hydrogen) atoms. The van der Waals surface area contributed by atoms with Gasteiger partial charge in [0.1, 0.15) is 0 Å². The number of nitrogens with zero attached hydrogens (tertiary/aromatic N) is 1. The van der Waals surface area contributed by atoms with Gasteiger partial charge in [-0.1, -0.05) is 27.2 Å². The molecule has 3 rings (SSSR count). The molecule has 0 aromatic rings. The van der Waals surface area contributed by atoms with Crippen molar-refractivity contribution in [3.8, 4) is 0 Å². The first-order valence-corrected chi connectivity index (χ1v) is 7.40. The fourth-order valence-corrected chi connectivity index (χ4v) is 5.10. The van der Waals surface area contributed by atoms with Crippen molar-refractivity contribution in [3.63, 3.8) is 0 Å². The Kier molecular flexibility index (Phi) is 2.61. The van der Waals surface area contributed by atoms with Crippen LogP contribution in [-0.2, 0) is 0 Å². The quantitative estimate of drug-likeness (QED) is 0.758. The summed E-state index contributed by atoms with van der Waals surface area (Å²) in [5.74, 6) is 0.527. The SMILES string of the molecule is CC1(C)C2CC[C@]1(C)[C@H](N1CCCCC1)[C@@H]2O. The minimum absolute atomic E-state index is 0.0816. The predicted molar refractivity (Wildman–Crippen MR) is 69.8 cm³/mol. The lowest BCUT2D eigenvalue weighted by molar-refractivity contribution is -0.0256. The van der Waals surface area contributed by atoms with Crippen molar-refractivity contribution < 1.29 is 5.11 Å². The minimum atomic E-state index is -0.0816. The van der Waals surface area contributed by atoms with Crippen molar-refractivity contribution in [2.75, 3.05) is 13.1 Å². The Morgan fingerprint density at radius 1 is 1.06 bits per heavy atom. The lowest BCUT2D eigenvalue weighted by atomic mass is 9.68. The second kappa shape index (κ2) is 3.71. The van der Waals surface area contributed by atoms with Gasteiger partial charge in [0.25, 0.3) is 0 Å². The third-order valence-electron chi connectivity index (χ3n) is 6.55. The molecule has 0 aromatic carbocycles. The van der Waals surface area contributed by atoms with Gasteiger partial charge in [0.05, 0.1) is 6.10 Å². The molecule has 1 aliphatic heterocycles. The monoisotopic (exact) mass is 237 g/mol. The van der Waals surface area contributed by atoms with Crippen LogP contribution in [0, 0.1) is 16.7 Å². The first-order chi connectivity index (χ1) is 7.98. The Labute approximate surface area is 105 Å². The Hall–Kier alpha value is -0.0800. The van der Waals surface area contributed by atoms with Gasteiger partial charge in [0.15, 0.2) is 0 Å². The molecule has 2 heteroatoms. The van der Waals surface area contributed by atoms with E-state index in [4.69, 9.17) is 0 Å². The number of aliphatic hydroxyl groups excluding tert-OH is 1. The van der Waals surface area contributed by atoms with E-state index in [0.29, 0.717) is 22.8 Å². The third kappa shape index (κ3) is 1.40. The second-order valence-electron chi connectivity index (χ2n) is 7.32. The van der Waals surface area contributed by atoms with Gasteiger partial charge in [-0.3, -0.25) is 4.90 Å². The van der Waals surface area contributed by atoms with Gasteiger partial charge in [-0.25, -0.2) is 0 Å². The zero-order valence-electron chi connectivity index (χ0n) is 11.6. The highest BCUT2D eigenvalue weighted by Gasteiger charge is 2.66. The number of rotatable bonds is 1. The van der Waals surface area contributed by atoms with Crippen LogP contribution in [0.1, 0.15) is 52.9 Å². The first-order valence-electron chi connectivity index (χ1n) is 7.40. The van der Waals surface area contributed by atoms with Crippen LogP contribution in [0.15, 0.2) is 0 Å². The van der Waals surface area contributed by atoms with Crippen LogP contribution in [0.25, 0.3) is 0 Å². The molecule has 98 valence electrons. The highest BCUT2D eigenvalue weighted by atomic mass is 16.3. The van der Waals surface area contributed by atoms with Crippen LogP contribution in [0.4, 0.5) is 0 Å². The van der Waals surface area contributed by atoms with E-state index in [1.54, 1.807) is 0 Å². The zero-order valence-corrected chi connectivity index (χ0v) is 11.6. The van der Waals surface area contributed by atoms with Crippen LogP contribution < -0.4 is 0 Å². The summed E-state index contributed by atoms with van der Waals surface area (Å²) in [5.41, 5.74) is 0.642. The van der Waals surface area contributed by atoms with Crippen LogP contribution in [0.3, 0.4) is 0 Å². The summed E-state index contributed by atoms with van der Waals surface area (Å²) >= 11 is 0. The molecule has 0 aromatic heterocycles. The third-order valence-corrected chi connectivity index (χ3v) is 6.55. The summed E-state index contributed by atoms with van der Waals surface area (Å²) in [7, 11) is 0. The predicted octanol–water partition coefficient (Wildman–Crippen LogP) is 2.66. The van der Waals surface area contributed by atoms with E-state index in [-0.39, 0.29) is 6.10 Å². The van der Waals surface area contributed by atoms with Gasteiger partial charge >= 0.3 is 0 Å². The number of piperidine rings is 1. The van der Waals surface area contributed by atoms with E-state index in [1.165, 1.54) is 45.2 Å². The molecule has 2 bridgehead atoms. The topological polar surface area (TPSA) is 23.5 Å². The van der Waals surface area contributed by atoms with E-state index in [0.717, 1.165) is 0 Å². The van der Waals surface area contributed by atoms with Gasteiger partial charge in [0.2, 0.25) is 0 Å². The average molecular weight is 237 g/mol. The maximum Gasteiger partial charge on any atom is 0.0734 e. The summed E-state index contributed by atoms with van der Waals surface area (Å²) in [4.78, 5) is 2.61. The first kappa shape index (κ1) is 12.0. The molecule has 1 unspecified atom stereocenters. The lowest BCUT2D eigenvalue weighted by Gasteiger charge is -2.46. The molecule has 0 amide bonds. The van der Waals surface area contributed by atoms with Crippen LogP contribution in [0.2, 0.25) is 0 Å². The zero-order chi connectivity index (χ0) is 12.3. The van der Waals surface area contributed by atoms with E-state index in [2.05, 4.69) is 25.7 Å². The molecule has 1 heterocycles. The fourth-order valence-electron chi connectivity index (χ4n) is 5.10. The number of likely N-dealkylation sites (tertiary alicyclic amines) is 1. The highest BCUT2D eigenvalue weighted by molar-refractivity contribution is 5.17. The molecule has 2 nitrogen and oxygen atoms in total. The average Bonchev–Trinajstić information content (AvgIpc) is 2.60. The minimum Gasteiger partial charge on any atom is -0.391 e. The van der Waals surface area contributed by atoms with Gasteiger partial charge < -0.3 is 5.11 Å². The molecular weight excluding hydrogens is 210 g/mol. The van der Waals surface area contributed by atoms with E-state index < -0.39 is 0 Å². The van der Waals surface area contributed by atoms with Crippen molar-refractivity contribution in [1.82, 2.24) is 4.90 Å². The lowest BCUT2D eigenvalue weighted by Crippen LogP contribution is -2.53. The molecule has 0 spiro atoms. The molecule has 2 saturated carbocycles. The van der Waals surface area contributed by atoms with Crippen molar-refractivity contribution >= 4 is 0 Å². The van der Waals surface area contributed by atoms with E-state index in [1.807, 2.05) is 0 Å². The molecule has 4 atom stereocenters. The molecule has 3 fully saturated rings. The van der Waals surface area contributed by atoms with Gasteiger partial charge in [-0.15, -0.1) is 0 Å². The maximum atomic E-state index is 10.7. The van der Waals surface area contributed by atoms with Gasteiger partial charge in [0, 0.05) is 6.04 Å². The smallest absolute Gasteiger partial charge is 0.0734 e. The van der Waals surface area contributed by atoms with Gasteiger partial charge in [-0.2, -0.15) is 0 Å². The second-order valence-corrected chi connectivity index (χ2v) is 7.32. The summed E-state index contributed by atoms with van der Waals surface area (Å²) in [6.07, 6.45) is 6.48. The Bertz CT molecular complexity index is 308. The molecule has 0 radical (unpaired) electrons. The van der Waals surface area contributed by atoms with Crippen LogP contribution in [0.5, 0.6) is 0 Å². The molecule has 1 saturated heterocycles. The highest BCUT2D eigenvalue weighted by Crippen LogP contribution is 2.66. The molecule has 2 aliphatic carbocycles. The van der Waals surface area contributed by atoms with Crippen molar-refractivity contribution in [3.05, 3.63) is 0 Å². The fraction of sp³-hybridized carbons (Fsp3) is 1.00. The van der Waals surface area contributed by atoms with E-state index in [9.17, 15) is 5.11 Å². The summed E-state index contributed by atoms with van der Waals surface area (Å²) in [6, 6.07) is 0.427. The Morgan fingerprint density at radius 3 is 2.24 bits per heavy atom. The van der Waals surface area contributed by atoms with Crippen molar-refractivity contribution in [1.29, 1.82) is 0 Å². The van der Waals surface area contributed by atoms with Crippen LogP contribution in [-0.4, -0.2) is 35.2 Å². The van der Waals surface area contributed by atoms with Gasteiger partial charge in [-0.05, 0) is 55.5 Å². The Morgan fingerprint density at radius 2 is 1.71 bits per heavy atom. The standard InChI is InChI=1S/C15H27NO/c1-14(2)11-7-8-15(14,3)13(12(11)17)16-9-5-4-6-10-16/h11-13,17H,4-10H2,1-3H3/t11?,12-,13-,15-/m1/s1. The number of hydrogen-bond donors (Lipinski definition) is 1. The van der Waals surface area contributed by atoms with Crippen LogP contribution >= 0.6 is 0 Å². The van der Waals surface area contributed by atoms with Crippen molar-refractivity contribution in [2.24, 2.45) is 16.7 Å². The van der Waals surface area contributed by atoms with E-state index >= 15 is 0 Å². The molecule has 1 N–H and O–H groups in total. The number of aliphatic hydroxyl groups is 1. The number of hydrogen-bond acceptors (Lipinski definition) is 2. The summed E-state index contributed by atoms with van der Waals surface area (Å²) in [6.45, 7) is 9.62. The number of fused-ring (bicyclic) bond motifs is 2. The summed E-state index contributed by atoms with van der Waals surface area (Å²) < 4.78 is 0. The molecular formula is C15H27NO. The maximum absolute atomic E-state index is 10.7. The normalized spacial score (nSPS) is 49.8. The largest absolute Gasteiger partial charge is 0.391 e. The van der Waals surface area contributed by atoms with Crippen molar-refractivity contribution in [2.45, 2.75) is 65.0 Å². The molecule has 3 aliphatic rings. The Balaban J connectivity index is 1.90.